The largest absolute Gasteiger partial charge is 0.330 e. The average molecular weight is 452 g/mol. The van der Waals surface area contributed by atoms with Gasteiger partial charge in [-0.3, -0.25) is 0 Å². The highest BCUT2D eigenvalue weighted by atomic mass is 79.9. The van der Waals surface area contributed by atoms with Gasteiger partial charge in [0.25, 0.3) is 0 Å². The maximum Gasteiger partial charge on any atom is 0.207 e. The molecule has 27 heavy (non-hydrogen) atoms. The minimum atomic E-state index is 0.153. The van der Waals surface area contributed by atoms with Crippen molar-refractivity contribution in [3.8, 4) is 0 Å². The van der Waals surface area contributed by atoms with Crippen molar-refractivity contribution in [1.82, 2.24) is 20.0 Å². The predicted octanol–water partition coefficient (Wildman–Crippen LogP) is 4.87. The molecule has 1 unspecified atom stereocenters. The molecule has 0 bridgehead atoms. The zero-order chi connectivity index (χ0) is 19.7. The first kappa shape index (κ1) is 20.7. The summed E-state index contributed by atoms with van der Waals surface area (Å²) in [6.45, 7) is 11.4. The average Bonchev–Trinajstić information content (AvgIpc) is 2.93. The molecule has 0 radical (unpaired) electrons. The molecule has 3 N–H and O–H groups in total. The summed E-state index contributed by atoms with van der Waals surface area (Å²) in [5.74, 6) is 0.895. The van der Waals surface area contributed by atoms with E-state index in [0.29, 0.717) is 12.1 Å². The molecule has 148 valence electrons. The Morgan fingerprint density at radius 3 is 2.44 bits per heavy atom. The van der Waals surface area contributed by atoms with Crippen LogP contribution in [0.25, 0.3) is 0 Å². The lowest BCUT2D eigenvalue weighted by Crippen LogP contribution is -2.62. The van der Waals surface area contributed by atoms with E-state index in [1.807, 2.05) is 24.3 Å². The Balaban J connectivity index is 1.54. The van der Waals surface area contributed by atoms with Gasteiger partial charge in [0.1, 0.15) is 5.82 Å². The first-order valence-corrected chi connectivity index (χ1v) is 11.1. The summed E-state index contributed by atoms with van der Waals surface area (Å²) >= 11 is 4.87. The van der Waals surface area contributed by atoms with Gasteiger partial charge in [-0.15, -0.1) is 0 Å². The third kappa shape index (κ3) is 6.24. The van der Waals surface area contributed by atoms with Crippen LogP contribution in [-0.2, 0) is 6.42 Å². The number of anilines is 2. The summed E-state index contributed by atoms with van der Waals surface area (Å²) in [5.41, 5.74) is 1.32. The lowest BCUT2D eigenvalue weighted by atomic mass is 9.79. The van der Waals surface area contributed by atoms with Gasteiger partial charge in [0.05, 0.1) is 0 Å². The van der Waals surface area contributed by atoms with E-state index in [0.717, 1.165) is 40.4 Å². The molecule has 1 aromatic carbocycles. The van der Waals surface area contributed by atoms with E-state index >= 15 is 0 Å². The van der Waals surface area contributed by atoms with Crippen molar-refractivity contribution in [3.63, 3.8) is 0 Å². The third-order valence-corrected chi connectivity index (χ3v) is 5.96. The molecule has 2 aromatic rings. The van der Waals surface area contributed by atoms with E-state index in [4.69, 9.17) is 0 Å². The Morgan fingerprint density at radius 2 is 1.81 bits per heavy atom. The maximum atomic E-state index is 4.65. The minimum absolute atomic E-state index is 0.153. The summed E-state index contributed by atoms with van der Waals surface area (Å²) in [6, 6.07) is 8.92. The number of halogens is 1. The van der Waals surface area contributed by atoms with Crippen LogP contribution in [0.15, 0.2) is 28.7 Å². The fraction of sp³-hybridized carbons (Fsp3) is 0.600. The number of rotatable bonds is 6. The van der Waals surface area contributed by atoms with Crippen LogP contribution in [0.4, 0.5) is 10.8 Å². The smallest absolute Gasteiger partial charge is 0.207 e. The molecule has 0 amide bonds. The highest BCUT2D eigenvalue weighted by molar-refractivity contribution is 9.10. The van der Waals surface area contributed by atoms with E-state index in [2.05, 4.69) is 75.9 Å². The summed E-state index contributed by atoms with van der Waals surface area (Å²) in [7, 11) is 0. The molecule has 0 spiro atoms. The summed E-state index contributed by atoms with van der Waals surface area (Å²) < 4.78 is 5.59. The fourth-order valence-corrected chi connectivity index (χ4v) is 5.10. The van der Waals surface area contributed by atoms with Crippen molar-refractivity contribution < 1.29 is 0 Å². The van der Waals surface area contributed by atoms with Crippen molar-refractivity contribution in [2.75, 3.05) is 5.32 Å². The van der Waals surface area contributed by atoms with Crippen molar-refractivity contribution in [3.05, 3.63) is 34.6 Å². The molecule has 0 saturated carbocycles. The highest BCUT2D eigenvalue weighted by Crippen LogP contribution is 2.29. The second-order valence-electron chi connectivity index (χ2n) is 8.92. The van der Waals surface area contributed by atoms with Gasteiger partial charge in [-0.25, -0.2) is 4.98 Å². The maximum absolute atomic E-state index is 4.65. The second-order valence-corrected chi connectivity index (χ2v) is 10.6. The Kier molecular flexibility index (Phi) is 6.25. The van der Waals surface area contributed by atoms with E-state index in [1.54, 1.807) is 0 Å². The number of piperidine rings is 1. The van der Waals surface area contributed by atoms with Gasteiger partial charge in [-0.05, 0) is 71.7 Å². The SMILES string of the molecule is CC(Cc1nsc(Nc2ccc(Br)cc2)n1)NC1CC(C)(C)NC(C)(C)C1. The van der Waals surface area contributed by atoms with Crippen molar-refractivity contribution in [2.24, 2.45) is 0 Å². The van der Waals surface area contributed by atoms with Gasteiger partial charge >= 0.3 is 0 Å². The molecule has 1 saturated heterocycles. The van der Waals surface area contributed by atoms with Crippen LogP contribution < -0.4 is 16.0 Å². The van der Waals surface area contributed by atoms with Crippen LogP contribution >= 0.6 is 27.5 Å². The minimum Gasteiger partial charge on any atom is -0.330 e. The zero-order valence-corrected chi connectivity index (χ0v) is 19.2. The molecule has 1 aromatic heterocycles. The van der Waals surface area contributed by atoms with E-state index in [-0.39, 0.29) is 11.1 Å². The molecule has 1 aliphatic heterocycles. The van der Waals surface area contributed by atoms with Crippen LogP contribution in [0.5, 0.6) is 0 Å². The van der Waals surface area contributed by atoms with Crippen LogP contribution in [0.3, 0.4) is 0 Å². The normalized spacial score (nSPS) is 20.4. The number of nitrogens with zero attached hydrogens (tertiary/aromatic N) is 2. The van der Waals surface area contributed by atoms with Crippen LogP contribution in [0.2, 0.25) is 0 Å². The van der Waals surface area contributed by atoms with Gasteiger partial charge in [-0.1, -0.05) is 15.9 Å². The van der Waals surface area contributed by atoms with Crippen LogP contribution in [0, 0.1) is 0 Å². The van der Waals surface area contributed by atoms with E-state index in [9.17, 15) is 0 Å². The Hall–Kier alpha value is -1.02. The molecule has 1 atom stereocenters. The Labute approximate surface area is 175 Å². The second kappa shape index (κ2) is 8.15. The van der Waals surface area contributed by atoms with Gasteiger partial charge in [0, 0.05) is 51.3 Å². The standard InChI is InChI=1S/C20H30BrN5S/c1-13(22-16-11-19(2,3)26-20(4,5)12-16)10-17-24-18(27-25-17)23-15-8-6-14(21)7-9-15/h6-9,13,16,22,26H,10-12H2,1-5H3,(H,23,24,25). The third-order valence-electron chi connectivity index (χ3n) is 4.76. The lowest BCUT2D eigenvalue weighted by Gasteiger charge is -2.47. The molecule has 5 nitrogen and oxygen atoms in total. The van der Waals surface area contributed by atoms with Gasteiger partial charge in [0.2, 0.25) is 5.13 Å². The summed E-state index contributed by atoms with van der Waals surface area (Å²) in [4.78, 5) is 4.65. The lowest BCUT2D eigenvalue weighted by molar-refractivity contribution is 0.140. The molecule has 0 aliphatic carbocycles. The summed E-state index contributed by atoms with van der Waals surface area (Å²) in [5, 5.41) is 11.7. The highest BCUT2D eigenvalue weighted by Gasteiger charge is 2.37. The molecule has 1 aliphatic rings. The topological polar surface area (TPSA) is 61.9 Å². The molecule has 7 heteroatoms. The van der Waals surface area contributed by atoms with Crippen molar-refractivity contribution in [2.45, 2.75) is 77.0 Å². The number of aromatic nitrogens is 2. The first-order chi connectivity index (χ1) is 12.6. The Morgan fingerprint density at radius 1 is 1.19 bits per heavy atom. The summed E-state index contributed by atoms with van der Waals surface area (Å²) in [6.07, 6.45) is 3.09. The van der Waals surface area contributed by atoms with Gasteiger partial charge in [0.15, 0.2) is 0 Å². The number of nitrogens with one attached hydrogen (secondary N) is 3. The number of hydrogen-bond acceptors (Lipinski definition) is 6. The molecular weight excluding hydrogens is 422 g/mol. The Bertz CT molecular complexity index is 740. The van der Waals surface area contributed by atoms with Gasteiger partial charge < -0.3 is 16.0 Å². The molecular formula is C20H30BrN5S. The fourth-order valence-electron chi connectivity index (χ4n) is 4.22. The van der Waals surface area contributed by atoms with Crippen molar-refractivity contribution >= 4 is 38.3 Å². The quantitative estimate of drug-likeness (QED) is 0.584. The van der Waals surface area contributed by atoms with E-state index < -0.39 is 0 Å². The molecule has 2 heterocycles. The van der Waals surface area contributed by atoms with Crippen LogP contribution in [0.1, 0.15) is 53.3 Å². The monoisotopic (exact) mass is 451 g/mol. The van der Waals surface area contributed by atoms with Crippen LogP contribution in [-0.4, -0.2) is 32.5 Å². The van der Waals surface area contributed by atoms with E-state index in [1.165, 1.54) is 11.5 Å². The van der Waals surface area contributed by atoms with Gasteiger partial charge in [-0.2, -0.15) is 4.37 Å². The number of benzene rings is 1. The molecule has 3 rings (SSSR count). The first-order valence-electron chi connectivity index (χ1n) is 9.51. The zero-order valence-electron chi connectivity index (χ0n) is 16.8. The van der Waals surface area contributed by atoms with Crippen molar-refractivity contribution in [1.29, 1.82) is 0 Å². The predicted molar refractivity (Wildman–Crippen MR) is 118 cm³/mol. The number of hydrogen-bond donors (Lipinski definition) is 3. The molecule has 1 fully saturated rings.